The van der Waals surface area contributed by atoms with Gasteiger partial charge in [0.25, 0.3) is 5.91 Å². The van der Waals surface area contributed by atoms with Crippen LogP contribution in [0.4, 0.5) is 5.69 Å². The Kier molecular flexibility index (Phi) is 4.61. The van der Waals surface area contributed by atoms with Crippen LogP contribution < -0.4 is 5.32 Å². The molecule has 2 bridgehead atoms. The average Bonchev–Trinajstić information content (AvgIpc) is 2.95. The smallest absolute Gasteiger partial charge is 0.272 e. The van der Waals surface area contributed by atoms with Crippen LogP contribution in [0.3, 0.4) is 0 Å². The van der Waals surface area contributed by atoms with Gasteiger partial charge in [-0.15, -0.1) is 0 Å². The summed E-state index contributed by atoms with van der Waals surface area (Å²) in [5.74, 6) is -0.529. The van der Waals surface area contributed by atoms with Gasteiger partial charge in [0.1, 0.15) is 10.8 Å². The summed E-state index contributed by atoms with van der Waals surface area (Å²) in [7, 11) is 0. The number of morpholine rings is 1. The van der Waals surface area contributed by atoms with Gasteiger partial charge >= 0.3 is 0 Å². The molecule has 1 aromatic heterocycles. The Bertz CT molecular complexity index is 830. The zero-order chi connectivity index (χ0) is 18.1. The minimum atomic E-state index is -0.305. The lowest BCUT2D eigenvalue weighted by Crippen LogP contribution is -2.47. The van der Waals surface area contributed by atoms with Gasteiger partial charge in [0.05, 0.1) is 18.1 Å². The fourth-order valence-electron chi connectivity index (χ4n) is 3.55. The maximum absolute atomic E-state index is 12.7. The van der Waals surface area contributed by atoms with Crippen molar-refractivity contribution in [3.8, 4) is 0 Å². The number of anilines is 1. The second-order valence-corrected chi connectivity index (χ2v) is 6.94. The third-order valence-electron chi connectivity index (χ3n) is 4.76. The largest absolute Gasteiger partial charge is 0.370 e. The number of ether oxygens (including phenoxy) is 1. The first-order valence-electron chi connectivity index (χ1n) is 8.53. The number of likely N-dealkylation sites (tertiary alicyclic amines) is 1. The van der Waals surface area contributed by atoms with Crippen LogP contribution in [0, 0.1) is 5.92 Å². The van der Waals surface area contributed by atoms with Crippen LogP contribution in [-0.4, -0.2) is 47.0 Å². The van der Waals surface area contributed by atoms with Crippen LogP contribution in [0.15, 0.2) is 48.5 Å². The number of hydrogen-bond donors (Lipinski definition) is 1. The number of halogens is 1. The normalized spacial score (nSPS) is 24.3. The van der Waals surface area contributed by atoms with Gasteiger partial charge in [0.15, 0.2) is 0 Å². The number of nitrogens with zero attached hydrogens (tertiary/aromatic N) is 2. The number of carbonyl (C=O) groups excluding carboxylic acids is 2. The average molecular weight is 372 g/mol. The Labute approximate surface area is 156 Å². The summed E-state index contributed by atoms with van der Waals surface area (Å²) in [6, 6.07) is 14.3. The summed E-state index contributed by atoms with van der Waals surface area (Å²) < 4.78 is 5.91. The zero-order valence-corrected chi connectivity index (χ0v) is 14.7. The highest BCUT2D eigenvalue weighted by molar-refractivity contribution is 6.29. The summed E-state index contributed by atoms with van der Waals surface area (Å²) in [6.07, 6.45) is 0.166. The molecule has 3 unspecified atom stereocenters. The van der Waals surface area contributed by atoms with E-state index < -0.39 is 0 Å². The highest BCUT2D eigenvalue weighted by atomic mass is 35.5. The topological polar surface area (TPSA) is 71.5 Å². The standard InChI is InChI=1S/C19H18ClN3O3/c20-17-8-4-7-15(22-17)19(25)23-10-13-9-14(16(11-23)26-13)18(24)21-12-5-2-1-3-6-12/h1-8,13-14,16H,9-11H2,(H,21,24). The predicted octanol–water partition coefficient (Wildman–Crippen LogP) is 2.60. The molecule has 2 fully saturated rings. The number of pyridine rings is 1. The molecule has 0 spiro atoms. The molecule has 6 nitrogen and oxygen atoms in total. The van der Waals surface area contributed by atoms with Crippen molar-refractivity contribution in [3.05, 3.63) is 59.4 Å². The van der Waals surface area contributed by atoms with E-state index in [1.54, 1.807) is 23.1 Å². The van der Waals surface area contributed by atoms with Crippen molar-refractivity contribution in [1.82, 2.24) is 9.88 Å². The Hall–Kier alpha value is -2.44. The number of aromatic nitrogens is 1. The lowest BCUT2D eigenvalue weighted by atomic mass is 9.99. The van der Waals surface area contributed by atoms with Crippen molar-refractivity contribution >= 4 is 29.1 Å². The summed E-state index contributed by atoms with van der Waals surface area (Å²) >= 11 is 5.88. The van der Waals surface area contributed by atoms with Gasteiger partial charge in [0, 0.05) is 18.8 Å². The molecule has 3 atom stereocenters. The van der Waals surface area contributed by atoms with Crippen LogP contribution >= 0.6 is 11.6 Å². The number of fused-ring (bicyclic) bond motifs is 2. The molecule has 2 saturated heterocycles. The van der Waals surface area contributed by atoms with Gasteiger partial charge in [0.2, 0.25) is 5.91 Å². The maximum atomic E-state index is 12.7. The van der Waals surface area contributed by atoms with Crippen LogP contribution in [0.1, 0.15) is 16.9 Å². The van der Waals surface area contributed by atoms with Crippen LogP contribution in [0.25, 0.3) is 0 Å². The molecule has 0 aliphatic carbocycles. The third kappa shape index (κ3) is 3.43. The summed E-state index contributed by atoms with van der Waals surface area (Å²) in [4.78, 5) is 31.1. The zero-order valence-electron chi connectivity index (χ0n) is 14.0. The monoisotopic (exact) mass is 371 g/mol. The van der Waals surface area contributed by atoms with Crippen LogP contribution in [0.5, 0.6) is 0 Å². The van der Waals surface area contributed by atoms with E-state index in [-0.39, 0.29) is 35.1 Å². The van der Waals surface area contributed by atoms with Crippen LogP contribution in [0.2, 0.25) is 5.15 Å². The van der Waals surface area contributed by atoms with Gasteiger partial charge in [-0.05, 0) is 30.7 Å². The number of hydrogen-bond acceptors (Lipinski definition) is 4. The highest BCUT2D eigenvalue weighted by Crippen LogP contribution is 2.33. The summed E-state index contributed by atoms with van der Waals surface area (Å²) in [5.41, 5.74) is 1.07. The minimum absolute atomic E-state index is 0.0705. The van der Waals surface area contributed by atoms with Crippen molar-refractivity contribution in [3.63, 3.8) is 0 Å². The molecule has 0 saturated carbocycles. The van der Waals surface area contributed by atoms with E-state index in [1.807, 2.05) is 30.3 Å². The fraction of sp³-hybridized carbons (Fsp3) is 0.316. The molecule has 1 aromatic carbocycles. The number of amides is 2. The molecule has 2 aliphatic heterocycles. The summed E-state index contributed by atoms with van der Waals surface area (Å²) in [6.45, 7) is 0.828. The first kappa shape index (κ1) is 17.0. The second-order valence-electron chi connectivity index (χ2n) is 6.55. The molecule has 2 aromatic rings. The maximum Gasteiger partial charge on any atom is 0.272 e. The van der Waals surface area contributed by atoms with Crippen molar-refractivity contribution in [2.75, 3.05) is 18.4 Å². The van der Waals surface area contributed by atoms with Gasteiger partial charge in [-0.2, -0.15) is 0 Å². The van der Waals surface area contributed by atoms with Gasteiger partial charge in [-0.1, -0.05) is 35.9 Å². The molecule has 2 aliphatic rings. The Balaban J connectivity index is 1.44. The lowest BCUT2D eigenvalue weighted by Gasteiger charge is -2.32. The minimum Gasteiger partial charge on any atom is -0.370 e. The third-order valence-corrected chi connectivity index (χ3v) is 4.97. The van der Waals surface area contributed by atoms with Crippen molar-refractivity contribution in [1.29, 1.82) is 0 Å². The molecule has 7 heteroatoms. The van der Waals surface area contributed by atoms with Crippen LogP contribution in [-0.2, 0) is 9.53 Å². The number of carbonyl (C=O) groups is 2. The number of rotatable bonds is 3. The molecule has 3 heterocycles. The van der Waals surface area contributed by atoms with Crippen molar-refractivity contribution in [2.24, 2.45) is 5.92 Å². The van der Waals surface area contributed by atoms with Gasteiger partial charge in [-0.3, -0.25) is 9.59 Å². The number of nitrogens with one attached hydrogen (secondary N) is 1. The molecular weight excluding hydrogens is 354 g/mol. The van der Waals surface area contributed by atoms with E-state index in [1.165, 1.54) is 0 Å². The molecule has 1 N–H and O–H groups in total. The first-order valence-corrected chi connectivity index (χ1v) is 8.91. The molecule has 134 valence electrons. The Morgan fingerprint density at radius 2 is 1.92 bits per heavy atom. The number of benzene rings is 1. The van der Waals surface area contributed by atoms with Gasteiger partial charge in [-0.25, -0.2) is 4.98 Å². The van der Waals surface area contributed by atoms with E-state index >= 15 is 0 Å². The highest BCUT2D eigenvalue weighted by Gasteiger charge is 2.46. The van der Waals surface area contributed by atoms with E-state index in [0.29, 0.717) is 25.2 Å². The SMILES string of the molecule is O=C(Nc1ccccc1)C1CC2CN(C(=O)c3cccc(Cl)n3)CC1O2. The molecule has 2 amide bonds. The molecular formula is C19H18ClN3O3. The van der Waals surface area contributed by atoms with E-state index in [0.717, 1.165) is 5.69 Å². The quantitative estimate of drug-likeness (QED) is 0.842. The fourth-order valence-corrected chi connectivity index (χ4v) is 3.71. The molecule has 0 radical (unpaired) electrons. The van der Waals surface area contributed by atoms with Crippen molar-refractivity contribution < 1.29 is 14.3 Å². The van der Waals surface area contributed by atoms with Crippen molar-refractivity contribution in [2.45, 2.75) is 18.6 Å². The van der Waals surface area contributed by atoms with E-state index in [9.17, 15) is 9.59 Å². The predicted molar refractivity (Wildman–Crippen MR) is 97.0 cm³/mol. The molecule has 26 heavy (non-hydrogen) atoms. The number of para-hydroxylation sites is 1. The summed E-state index contributed by atoms with van der Waals surface area (Å²) in [5, 5.41) is 3.21. The Morgan fingerprint density at radius 3 is 2.69 bits per heavy atom. The van der Waals surface area contributed by atoms with E-state index in [2.05, 4.69) is 10.3 Å². The Morgan fingerprint density at radius 1 is 1.12 bits per heavy atom. The first-order chi connectivity index (χ1) is 12.6. The second kappa shape index (κ2) is 7.05. The molecule has 4 rings (SSSR count). The van der Waals surface area contributed by atoms with E-state index in [4.69, 9.17) is 16.3 Å². The van der Waals surface area contributed by atoms with Gasteiger partial charge < -0.3 is 15.0 Å². The lowest BCUT2D eigenvalue weighted by molar-refractivity contribution is -0.122.